The summed E-state index contributed by atoms with van der Waals surface area (Å²) >= 11 is 0. The van der Waals surface area contributed by atoms with E-state index in [1.807, 2.05) is 25.1 Å². The van der Waals surface area contributed by atoms with Crippen molar-refractivity contribution in [1.29, 1.82) is 0 Å². The van der Waals surface area contributed by atoms with E-state index >= 15 is 0 Å². The first kappa shape index (κ1) is 11.7. The van der Waals surface area contributed by atoms with Crippen LogP contribution in [0.2, 0.25) is 0 Å². The summed E-state index contributed by atoms with van der Waals surface area (Å²) in [7, 11) is 0. The summed E-state index contributed by atoms with van der Waals surface area (Å²) in [6, 6.07) is 1.98. The van der Waals surface area contributed by atoms with Crippen LogP contribution < -0.4 is 10.1 Å². The van der Waals surface area contributed by atoms with E-state index in [-0.39, 0.29) is 0 Å². The molecule has 1 aromatic rings. The highest BCUT2D eigenvalue weighted by molar-refractivity contribution is 5.29. The quantitative estimate of drug-likeness (QED) is 0.724. The van der Waals surface area contributed by atoms with Crippen LogP contribution in [0.25, 0.3) is 0 Å². The molecule has 1 N–H and O–H groups in total. The lowest BCUT2D eigenvalue weighted by molar-refractivity contribution is 0.356. The SMILES string of the molecule is C/C=C/COc1cnccc1CNCC. The molecule has 0 saturated heterocycles. The fourth-order valence-corrected chi connectivity index (χ4v) is 1.18. The van der Waals surface area contributed by atoms with Gasteiger partial charge < -0.3 is 10.1 Å². The number of aromatic nitrogens is 1. The molecule has 0 unspecified atom stereocenters. The maximum Gasteiger partial charge on any atom is 0.142 e. The second-order valence-corrected chi connectivity index (χ2v) is 3.14. The van der Waals surface area contributed by atoms with Gasteiger partial charge in [-0.15, -0.1) is 0 Å². The zero-order valence-electron chi connectivity index (χ0n) is 9.36. The second-order valence-electron chi connectivity index (χ2n) is 3.14. The molecule has 0 aliphatic heterocycles. The number of pyridine rings is 1. The van der Waals surface area contributed by atoms with Crippen LogP contribution in [-0.2, 0) is 6.54 Å². The minimum absolute atomic E-state index is 0.599. The van der Waals surface area contributed by atoms with Crippen LogP contribution in [0.5, 0.6) is 5.75 Å². The molecule has 0 aliphatic rings. The third-order valence-corrected chi connectivity index (χ3v) is 2.01. The summed E-state index contributed by atoms with van der Waals surface area (Å²) in [5.74, 6) is 0.858. The molecule has 0 atom stereocenters. The molecular weight excluding hydrogens is 188 g/mol. The summed E-state index contributed by atoms with van der Waals surface area (Å²) in [4.78, 5) is 4.06. The van der Waals surface area contributed by atoms with Crippen molar-refractivity contribution in [3.63, 3.8) is 0 Å². The van der Waals surface area contributed by atoms with E-state index in [2.05, 4.69) is 17.2 Å². The zero-order valence-corrected chi connectivity index (χ0v) is 9.36. The van der Waals surface area contributed by atoms with Crippen LogP contribution in [-0.4, -0.2) is 18.1 Å². The standard InChI is InChI=1S/C12H18N2O/c1-3-5-8-15-12-10-14-7-6-11(12)9-13-4-2/h3,5-7,10,13H,4,8-9H2,1-2H3/b5-3+. The number of nitrogens with zero attached hydrogens (tertiary/aromatic N) is 1. The van der Waals surface area contributed by atoms with E-state index in [0.29, 0.717) is 6.61 Å². The van der Waals surface area contributed by atoms with E-state index < -0.39 is 0 Å². The molecule has 0 aliphatic carbocycles. The maximum atomic E-state index is 5.59. The van der Waals surface area contributed by atoms with Crippen molar-refractivity contribution < 1.29 is 4.74 Å². The summed E-state index contributed by atoms with van der Waals surface area (Å²) in [5, 5.41) is 3.27. The van der Waals surface area contributed by atoms with Gasteiger partial charge in [-0.2, -0.15) is 0 Å². The smallest absolute Gasteiger partial charge is 0.142 e. The molecule has 1 rings (SSSR count). The fourth-order valence-electron chi connectivity index (χ4n) is 1.18. The normalized spacial score (nSPS) is 10.8. The van der Waals surface area contributed by atoms with Crippen molar-refractivity contribution in [2.75, 3.05) is 13.2 Å². The highest BCUT2D eigenvalue weighted by atomic mass is 16.5. The zero-order chi connectivity index (χ0) is 10.9. The van der Waals surface area contributed by atoms with Crippen LogP contribution in [0.15, 0.2) is 30.6 Å². The van der Waals surface area contributed by atoms with Crippen molar-refractivity contribution in [2.45, 2.75) is 20.4 Å². The van der Waals surface area contributed by atoms with Gasteiger partial charge >= 0.3 is 0 Å². The molecule has 0 saturated carbocycles. The highest BCUT2D eigenvalue weighted by Gasteiger charge is 2.01. The number of nitrogens with one attached hydrogen (secondary N) is 1. The van der Waals surface area contributed by atoms with Gasteiger partial charge in [-0.05, 0) is 19.5 Å². The van der Waals surface area contributed by atoms with Gasteiger partial charge in [0.05, 0.1) is 6.20 Å². The monoisotopic (exact) mass is 206 g/mol. The second kappa shape index (κ2) is 7.01. The predicted octanol–water partition coefficient (Wildman–Crippen LogP) is 2.15. The first-order valence-electron chi connectivity index (χ1n) is 5.26. The molecule has 3 heteroatoms. The average Bonchev–Trinajstić information content (AvgIpc) is 2.28. The van der Waals surface area contributed by atoms with Crippen molar-refractivity contribution >= 4 is 0 Å². The predicted molar refractivity (Wildman–Crippen MR) is 61.9 cm³/mol. The Balaban J connectivity index is 2.59. The summed E-state index contributed by atoms with van der Waals surface area (Å²) in [6.07, 6.45) is 7.50. The summed E-state index contributed by atoms with van der Waals surface area (Å²) in [5.41, 5.74) is 1.15. The molecule has 1 aromatic heterocycles. The third kappa shape index (κ3) is 4.13. The van der Waals surface area contributed by atoms with E-state index in [4.69, 9.17) is 4.74 Å². The van der Waals surface area contributed by atoms with Gasteiger partial charge in [-0.3, -0.25) is 4.98 Å². The Morgan fingerprint density at radius 1 is 1.53 bits per heavy atom. The highest BCUT2D eigenvalue weighted by Crippen LogP contribution is 2.15. The van der Waals surface area contributed by atoms with E-state index in [1.165, 1.54) is 0 Å². The number of hydrogen-bond acceptors (Lipinski definition) is 3. The Bertz CT molecular complexity index is 310. The first-order valence-corrected chi connectivity index (χ1v) is 5.26. The fraction of sp³-hybridized carbons (Fsp3) is 0.417. The van der Waals surface area contributed by atoms with E-state index in [9.17, 15) is 0 Å². The van der Waals surface area contributed by atoms with Crippen LogP contribution >= 0.6 is 0 Å². The summed E-state index contributed by atoms with van der Waals surface area (Å²) < 4.78 is 5.59. The lowest BCUT2D eigenvalue weighted by Crippen LogP contribution is -2.13. The largest absolute Gasteiger partial charge is 0.488 e. The third-order valence-electron chi connectivity index (χ3n) is 2.01. The van der Waals surface area contributed by atoms with Crippen molar-refractivity contribution in [3.05, 3.63) is 36.2 Å². The lowest BCUT2D eigenvalue weighted by Gasteiger charge is -2.09. The van der Waals surface area contributed by atoms with Crippen LogP contribution in [0.1, 0.15) is 19.4 Å². The van der Waals surface area contributed by atoms with Crippen LogP contribution in [0, 0.1) is 0 Å². The van der Waals surface area contributed by atoms with Gasteiger partial charge in [0, 0.05) is 18.3 Å². The Hall–Kier alpha value is -1.35. The van der Waals surface area contributed by atoms with E-state index in [0.717, 1.165) is 24.4 Å². The topological polar surface area (TPSA) is 34.1 Å². The number of rotatable bonds is 6. The number of ether oxygens (including phenoxy) is 1. The Kier molecular flexibility index (Phi) is 5.48. The Labute approximate surface area is 91.2 Å². The van der Waals surface area contributed by atoms with Crippen LogP contribution in [0.4, 0.5) is 0 Å². The minimum atomic E-state index is 0.599. The first-order chi connectivity index (χ1) is 7.38. The number of hydrogen-bond donors (Lipinski definition) is 1. The molecule has 0 amide bonds. The molecular formula is C12H18N2O. The molecule has 0 fully saturated rings. The van der Waals surface area contributed by atoms with E-state index in [1.54, 1.807) is 12.4 Å². The molecule has 0 bridgehead atoms. The van der Waals surface area contributed by atoms with Gasteiger partial charge in [0.2, 0.25) is 0 Å². The van der Waals surface area contributed by atoms with Crippen molar-refractivity contribution in [2.24, 2.45) is 0 Å². The molecule has 82 valence electrons. The minimum Gasteiger partial charge on any atom is -0.488 e. The van der Waals surface area contributed by atoms with Crippen LogP contribution in [0.3, 0.4) is 0 Å². The van der Waals surface area contributed by atoms with Crippen molar-refractivity contribution in [1.82, 2.24) is 10.3 Å². The lowest BCUT2D eigenvalue weighted by atomic mass is 10.2. The molecule has 0 aromatic carbocycles. The van der Waals surface area contributed by atoms with Gasteiger partial charge in [0.25, 0.3) is 0 Å². The average molecular weight is 206 g/mol. The Morgan fingerprint density at radius 2 is 2.40 bits per heavy atom. The van der Waals surface area contributed by atoms with Crippen molar-refractivity contribution in [3.8, 4) is 5.75 Å². The molecule has 3 nitrogen and oxygen atoms in total. The van der Waals surface area contributed by atoms with Gasteiger partial charge in [-0.25, -0.2) is 0 Å². The molecule has 1 heterocycles. The molecule has 0 spiro atoms. The molecule has 0 radical (unpaired) electrons. The Morgan fingerprint density at radius 3 is 3.13 bits per heavy atom. The van der Waals surface area contributed by atoms with Gasteiger partial charge in [0.1, 0.15) is 12.4 Å². The maximum absolute atomic E-state index is 5.59. The molecule has 15 heavy (non-hydrogen) atoms. The van der Waals surface area contributed by atoms with Gasteiger partial charge in [0.15, 0.2) is 0 Å². The summed E-state index contributed by atoms with van der Waals surface area (Å²) in [6.45, 7) is 6.44. The number of allylic oxidation sites excluding steroid dienone is 1. The van der Waals surface area contributed by atoms with Gasteiger partial charge in [-0.1, -0.05) is 19.1 Å².